The molecule has 0 bridgehead atoms. The third kappa shape index (κ3) is 4.37. The van der Waals surface area contributed by atoms with Crippen molar-refractivity contribution in [1.29, 1.82) is 0 Å². The lowest BCUT2D eigenvalue weighted by molar-refractivity contribution is 0.0185. The molecule has 0 atom stereocenters. The highest BCUT2D eigenvalue weighted by atomic mass is 127. The van der Waals surface area contributed by atoms with E-state index in [0.29, 0.717) is 51.8 Å². The smallest absolute Gasteiger partial charge is 0.410 e. The molecule has 0 aliphatic carbocycles. The molecule has 3 aromatic rings. The average molecular weight is 622 g/mol. The number of halogens is 3. The van der Waals surface area contributed by atoms with E-state index in [1.165, 1.54) is 11.8 Å². The van der Waals surface area contributed by atoms with Gasteiger partial charge < -0.3 is 9.64 Å². The number of hydrogen-bond acceptors (Lipinski definition) is 6. The number of carbonyl (C=O) groups excluding carboxylic acids is 1. The van der Waals surface area contributed by atoms with E-state index in [0.717, 1.165) is 9.09 Å². The molecule has 0 N–H and O–H groups in total. The van der Waals surface area contributed by atoms with Crippen molar-refractivity contribution in [1.82, 2.24) is 24.9 Å². The topological polar surface area (TPSA) is 73.1 Å². The molecule has 0 saturated carbocycles. The van der Waals surface area contributed by atoms with Crippen LogP contribution in [-0.2, 0) is 4.74 Å². The van der Waals surface area contributed by atoms with E-state index in [1.807, 2.05) is 37.8 Å². The molecule has 0 unspecified atom stereocenters. The van der Waals surface area contributed by atoms with Crippen molar-refractivity contribution in [3.8, 4) is 0 Å². The summed E-state index contributed by atoms with van der Waals surface area (Å²) >= 11 is 6.85. The van der Waals surface area contributed by atoms with Crippen molar-refractivity contribution in [2.45, 2.75) is 50.3 Å². The van der Waals surface area contributed by atoms with Gasteiger partial charge in [-0.15, -0.1) is 16.9 Å². The highest BCUT2D eigenvalue weighted by Crippen LogP contribution is 2.37. The Bertz CT molecular complexity index is 1170. The van der Waals surface area contributed by atoms with Crippen LogP contribution in [0.25, 0.3) is 21.9 Å². The summed E-state index contributed by atoms with van der Waals surface area (Å²) in [4.78, 5) is 18.6. The third-order valence-electron chi connectivity index (χ3n) is 5.16. The molecule has 1 aliphatic rings. The molecule has 1 amide bonds. The second-order valence-corrected chi connectivity index (χ2v) is 11.2. The monoisotopic (exact) mass is 621 g/mol. The maximum absolute atomic E-state index is 15.0. The van der Waals surface area contributed by atoms with Gasteiger partial charge in [0.05, 0.1) is 10.5 Å². The minimum Gasteiger partial charge on any atom is -0.444 e. The fourth-order valence-corrected chi connectivity index (χ4v) is 5.10. The van der Waals surface area contributed by atoms with Crippen LogP contribution in [0.3, 0.4) is 0 Å². The zero-order valence-corrected chi connectivity index (χ0v) is 22.1. The van der Waals surface area contributed by atoms with Crippen LogP contribution in [0.5, 0.6) is 0 Å². The summed E-state index contributed by atoms with van der Waals surface area (Å²) in [7, 11) is 0. The summed E-state index contributed by atoms with van der Waals surface area (Å²) < 4.78 is 23.6. The summed E-state index contributed by atoms with van der Waals surface area (Å²) in [5.74, 6) is -0.383. The van der Waals surface area contributed by atoms with Crippen LogP contribution in [0.1, 0.15) is 39.7 Å². The van der Waals surface area contributed by atoms with Gasteiger partial charge in [0.25, 0.3) is 0 Å². The van der Waals surface area contributed by atoms with Crippen LogP contribution in [0, 0.1) is 9.39 Å². The molecule has 31 heavy (non-hydrogen) atoms. The van der Waals surface area contributed by atoms with Crippen molar-refractivity contribution >= 4 is 78.3 Å². The average Bonchev–Trinajstić information content (AvgIpc) is 3.16. The molecule has 11 heteroatoms. The summed E-state index contributed by atoms with van der Waals surface area (Å²) in [6, 6.07) is 1.96. The standard InChI is InChI=1S/C20H22BrFIN5O2S/c1-20(2,3)30-19(29)27-7-5-10(6-8-27)28-17-11-9-12(23)13(21)14(22)15(11)24-18(31-4)16(17)25-26-28/h9-10H,5-8H2,1-4H3. The zero-order chi connectivity index (χ0) is 22.5. The van der Waals surface area contributed by atoms with E-state index in [4.69, 9.17) is 4.74 Å². The van der Waals surface area contributed by atoms with E-state index in [2.05, 4.69) is 53.8 Å². The Morgan fingerprint density at radius 3 is 2.61 bits per heavy atom. The summed E-state index contributed by atoms with van der Waals surface area (Å²) in [5, 5.41) is 10.2. The number of aromatic nitrogens is 4. The third-order valence-corrected chi connectivity index (χ3v) is 8.20. The maximum atomic E-state index is 15.0. The second kappa shape index (κ2) is 8.62. The Balaban J connectivity index is 1.72. The van der Waals surface area contributed by atoms with Crippen LogP contribution in [0.2, 0.25) is 0 Å². The van der Waals surface area contributed by atoms with Gasteiger partial charge in [-0.2, -0.15) is 0 Å². The first-order valence-electron chi connectivity index (χ1n) is 9.84. The summed E-state index contributed by atoms with van der Waals surface area (Å²) in [6.07, 6.45) is 3.03. The minimum atomic E-state index is -0.522. The molecule has 1 fully saturated rings. The largest absolute Gasteiger partial charge is 0.444 e. The zero-order valence-electron chi connectivity index (χ0n) is 17.6. The highest BCUT2D eigenvalue weighted by molar-refractivity contribution is 14.1. The molecular formula is C20H22BrFIN5O2S. The van der Waals surface area contributed by atoms with E-state index < -0.39 is 5.60 Å². The van der Waals surface area contributed by atoms with Crippen molar-refractivity contribution in [3.05, 3.63) is 19.9 Å². The quantitative estimate of drug-likeness (QED) is 0.205. The minimum absolute atomic E-state index is 0.0494. The molecule has 3 heterocycles. The van der Waals surface area contributed by atoms with Crippen LogP contribution in [0.4, 0.5) is 9.18 Å². The Morgan fingerprint density at radius 1 is 1.32 bits per heavy atom. The number of thioether (sulfide) groups is 1. The molecule has 2 aromatic heterocycles. The molecular weight excluding hydrogens is 600 g/mol. The number of carbonyl (C=O) groups is 1. The Morgan fingerprint density at radius 2 is 2.00 bits per heavy atom. The Hall–Kier alpha value is -1.21. The first kappa shape index (κ1) is 23.0. The Kier molecular flexibility index (Phi) is 6.39. The van der Waals surface area contributed by atoms with Gasteiger partial charge in [-0.1, -0.05) is 5.21 Å². The van der Waals surface area contributed by atoms with Gasteiger partial charge in [0.15, 0.2) is 5.82 Å². The molecule has 4 rings (SSSR count). The van der Waals surface area contributed by atoms with Gasteiger partial charge in [0.1, 0.15) is 27.2 Å². The van der Waals surface area contributed by atoms with Gasteiger partial charge in [-0.3, -0.25) is 0 Å². The van der Waals surface area contributed by atoms with Gasteiger partial charge in [0, 0.05) is 22.0 Å². The summed E-state index contributed by atoms with van der Waals surface area (Å²) in [5.41, 5.74) is 1.24. The number of likely N-dealkylation sites (tertiary alicyclic amines) is 1. The predicted molar refractivity (Wildman–Crippen MR) is 131 cm³/mol. The molecule has 166 valence electrons. The number of fused-ring (bicyclic) bond motifs is 3. The van der Waals surface area contributed by atoms with Crippen LogP contribution >= 0.6 is 50.3 Å². The first-order chi connectivity index (χ1) is 14.6. The van der Waals surface area contributed by atoms with Crippen molar-refractivity contribution in [2.24, 2.45) is 0 Å². The number of piperidine rings is 1. The number of rotatable bonds is 2. The number of amides is 1. The van der Waals surface area contributed by atoms with Gasteiger partial charge in [-0.05, 0) is 84.5 Å². The van der Waals surface area contributed by atoms with Crippen LogP contribution in [0.15, 0.2) is 15.6 Å². The number of benzene rings is 1. The summed E-state index contributed by atoms with van der Waals surface area (Å²) in [6.45, 7) is 6.72. The van der Waals surface area contributed by atoms with E-state index in [1.54, 1.807) is 4.90 Å². The normalized spacial score (nSPS) is 15.8. The molecule has 1 aliphatic heterocycles. The number of pyridine rings is 1. The maximum Gasteiger partial charge on any atom is 0.410 e. The van der Waals surface area contributed by atoms with Crippen molar-refractivity contribution < 1.29 is 13.9 Å². The van der Waals surface area contributed by atoms with Crippen molar-refractivity contribution in [3.63, 3.8) is 0 Å². The van der Waals surface area contributed by atoms with Crippen LogP contribution in [-0.4, -0.2) is 55.9 Å². The fourth-order valence-electron chi connectivity index (χ4n) is 3.74. The molecule has 1 aromatic carbocycles. The molecule has 0 spiro atoms. The highest BCUT2D eigenvalue weighted by Gasteiger charge is 2.30. The lowest BCUT2D eigenvalue weighted by Gasteiger charge is -2.33. The van der Waals surface area contributed by atoms with Crippen molar-refractivity contribution in [2.75, 3.05) is 19.3 Å². The molecule has 7 nitrogen and oxygen atoms in total. The lowest BCUT2D eigenvalue weighted by Crippen LogP contribution is -2.42. The fraction of sp³-hybridized carbons (Fsp3) is 0.500. The molecule has 0 radical (unpaired) electrons. The van der Waals surface area contributed by atoms with Gasteiger partial charge in [0.2, 0.25) is 0 Å². The van der Waals surface area contributed by atoms with E-state index in [9.17, 15) is 4.79 Å². The predicted octanol–water partition coefficient (Wildman–Crippen LogP) is 5.78. The lowest BCUT2D eigenvalue weighted by atomic mass is 10.0. The van der Waals surface area contributed by atoms with Gasteiger partial charge >= 0.3 is 6.09 Å². The second-order valence-electron chi connectivity index (χ2n) is 8.43. The number of ether oxygens (including phenoxy) is 1. The SMILES string of the molecule is CSc1nc2c(F)c(Br)c(I)cc2c2c1nnn2C1CCN(C(=O)OC(C)(C)C)CC1. The Labute approximate surface area is 205 Å². The van der Waals surface area contributed by atoms with Gasteiger partial charge in [-0.25, -0.2) is 18.9 Å². The first-order valence-corrected chi connectivity index (χ1v) is 12.9. The van der Waals surface area contributed by atoms with E-state index in [-0.39, 0.29) is 18.0 Å². The van der Waals surface area contributed by atoms with E-state index >= 15 is 4.39 Å². The number of nitrogens with zero attached hydrogens (tertiary/aromatic N) is 5. The van der Waals surface area contributed by atoms with Crippen LogP contribution < -0.4 is 0 Å². The molecule has 1 saturated heterocycles. The number of hydrogen-bond donors (Lipinski definition) is 0.